The first kappa shape index (κ1) is 16.7. The van der Waals surface area contributed by atoms with Gasteiger partial charge >= 0.3 is 6.09 Å². The minimum atomic E-state index is -0.449. The van der Waals surface area contributed by atoms with E-state index in [4.69, 9.17) is 4.74 Å². The van der Waals surface area contributed by atoms with E-state index < -0.39 is 5.60 Å². The summed E-state index contributed by atoms with van der Waals surface area (Å²) >= 11 is 0. The summed E-state index contributed by atoms with van der Waals surface area (Å²) in [6.07, 6.45) is 6.99. The van der Waals surface area contributed by atoms with Crippen molar-refractivity contribution in [2.45, 2.75) is 51.8 Å². The van der Waals surface area contributed by atoms with E-state index in [-0.39, 0.29) is 12.1 Å². The lowest BCUT2D eigenvalue weighted by molar-refractivity contribution is 0.0201. The maximum absolute atomic E-state index is 12.3. The van der Waals surface area contributed by atoms with Crippen LogP contribution < -0.4 is 0 Å². The summed E-state index contributed by atoms with van der Waals surface area (Å²) in [5, 5.41) is 0. The average molecular weight is 306 g/mol. The Balaban J connectivity index is 1.89. The third-order valence-electron chi connectivity index (χ3n) is 3.58. The SMILES string of the molecule is CN(Cc1cnccn1)CC1CCCN1C(=O)OC(C)(C)C. The Bertz CT molecular complexity index is 487. The number of carbonyl (C=O) groups is 1. The van der Waals surface area contributed by atoms with Crippen molar-refractivity contribution in [1.82, 2.24) is 19.8 Å². The molecule has 0 bridgehead atoms. The molecular weight excluding hydrogens is 280 g/mol. The number of nitrogens with zero attached hydrogens (tertiary/aromatic N) is 4. The quantitative estimate of drug-likeness (QED) is 0.854. The maximum atomic E-state index is 12.3. The van der Waals surface area contributed by atoms with E-state index in [1.54, 1.807) is 18.6 Å². The van der Waals surface area contributed by atoms with Crippen LogP contribution in [0.4, 0.5) is 4.79 Å². The fourth-order valence-electron chi connectivity index (χ4n) is 2.70. The number of hydrogen-bond acceptors (Lipinski definition) is 5. The lowest BCUT2D eigenvalue weighted by atomic mass is 10.2. The van der Waals surface area contributed by atoms with Gasteiger partial charge in [-0.1, -0.05) is 0 Å². The van der Waals surface area contributed by atoms with Crippen molar-refractivity contribution in [2.24, 2.45) is 0 Å². The zero-order chi connectivity index (χ0) is 16.2. The molecule has 1 amide bonds. The molecule has 6 nitrogen and oxygen atoms in total. The van der Waals surface area contributed by atoms with Crippen LogP contribution in [0.2, 0.25) is 0 Å². The van der Waals surface area contributed by atoms with Gasteiger partial charge in [0.05, 0.1) is 5.69 Å². The maximum Gasteiger partial charge on any atom is 0.410 e. The van der Waals surface area contributed by atoms with E-state index in [2.05, 4.69) is 14.9 Å². The van der Waals surface area contributed by atoms with Crippen LogP contribution in [0.3, 0.4) is 0 Å². The Morgan fingerprint density at radius 3 is 2.86 bits per heavy atom. The highest BCUT2D eigenvalue weighted by molar-refractivity contribution is 5.69. The Hall–Kier alpha value is -1.69. The highest BCUT2D eigenvalue weighted by Gasteiger charge is 2.32. The van der Waals surface area contributed by atoms with E-state index in [0.717, 1.165) is 38.2 Å². The summed E-state index contributed by atoms with van der Waals surface area (Å²) in [5.74, 6) is 0. The van der Waals surface area contributed by atoms with Gasteiger partial charge in [0.1, 0.15) is 5.60 Å². The fourth-order valence-corrected chi connectivity index (χ4v) is 2.70. The van der Waals surface area contributed by atoms with Crippen LogP contribution in [-0.4, -0.2) is 57.6 Å². The topological polar surface area (TPSA) is 58.6 Å². The molecule has 0 saturated carbocycles. The van der Waals surface area contributed by atoms with Crippen molar-refractivity contribution in [1.29, 1.82) is 0 Å². The number of aromatic nitrogens is 2. The molecule has 1 unspecified atom stereocenters. The number of hydrogen-bond donors (Lipinski definition) is 0. The third kappa shape index (κ3) is 4.94. The normalized spacial score (nSPS) is 18.8. The molecule has 1 aliphatic heterocycles. The van der Waals surface area contributed by atoms with Crippen molar-refractivity contribution in [3.63, 3.8) is 0 Å². The number of carbonyl (C=O) groups excluding carboxylic acids is 1. The molecule has 1 aliphatic rings. The van der Waals surface area contributed by atoms with Crippen LogP contribution >= 0.6 is 0 Å². The third-order valence-corrected chi connectivity index (χ3v) is 3.58. The second kappa shape index (κ2) is 7.05. The van der Waals surface area contributed by atoms with Gasteiger partial charge in [-0.05, 0) is 40.7 Å². The zero-order valence-corrected chi connectivity index (χ0v) is 14.0. The molecule has 2 rings (SSSR count). The van der Waals surface area contributed by atoms with Gasteiger partial charge in [-0.3, -0.25) is 14.9 Å². The molecule has 0 radical (unpaired) electrons. The fraction of sp³-hybridized carbons (Fsp3) is 0.688. The van der Waals surface area contributed by atoms with E-state index in [1.807, 2.05) is 32.7 Å². The summed E-state index contributed by atoms with van der Waals surface area (Å²) in [6, 6.07) is 0.205. The van der Waals surface area contributed by atoms with Crippen molar-refractivity contribution in [2.75, 3.05) is 20.1 Å². The Morgan fingerprint density at radius 2 is 2.23 bits per heavy atom. The van der Waals surface area contributed by atoms with E-state index in [1.165, 1.54) is 0 Å². The number of amides is 1. The van der Waals surface area contributed by atoms with Crippen LogP contribution in [0.25, 0.3) is 0 Å². The highest BCUT2D eigenvalue weighted by Crippen LogP contribution is 2.21. The lowest BCUT2D eigenvalue weighted by Crippen LogP contribution is -2.44. The Kier molecular flexibility index (Phi) is 5.34. The van der Waals surface area contributed by atoms with E-state index >= 15 is 0 Å². The summed E-state index contributed by atoms with van der Waals surface area (Å²) in [7, 11) is 2.04. The predicted molar refractivity (Wildman–Crippen MR) is 84.3 cm³/mol. The van der Waals surface area contributed by atoms with Gasteiger partial charge in [-0.2, -0.15) is 0 Å². The zero-order valence-electron chi connectivity index (χ0n) is 14.0. The van der Waals surface area contributed by atoms with Crippen molar-refractivity contribution in [3.8, 4) is 0 Å². The summed E-state index contributed by atoms with van der Waals surface area (Å²) in [4.78, 5) is 24.7. The molecule has 1 aromatic rings. The van der Waals surface area contributed by atoms with Gasteiger partial charge in [0, 0.05) is 44.3 Å². The second-order valence-corrected chi connectivity index (χ2v) is 6.86. The molecule has 0 aliphatic carbocycles. The smallest absolute Gasteiger partial charge is 0.410 e. The van der Waals surface area contributed by atoms with Gasteiger partial charge in [0.2, 0.25) is 0 Å². The Morgan fingerprint density at radius 1 is 1.45 bits per heavy atom. The largest absolute Gasteiger partial charge is 0.444 e. The molecule has 22 heavy (non-hydrogen) atoms. The first-order chi connectivity index (χ1) is 10.3. The van der Waals surface area contributed by atoms with Crippen LogP contribution in [0.1, 0.15) is 39.3 Å². The van der Waals surface area contributed by atoms with Gasteiger partial charge in [0.25, 0.3) is 0 Å². The van der Waals surface area contributed by atoms with Gasteiger partial charge in [-0.15, -0.1) is 0 Å². The predicted octanol–water partition coefficient (Wildman–Crippen LogP) is 2.31. The molecule has 1 saturated heterocycles. The van der Waals surface area contributed by atoms with E-state index in [9.17, 15) is 4.79 Å². The second-order valence-electron chi connectivity index (χ2n) is 6.86. The molecule has 1 atom stereocenters. The summed E-state index contributed by atoms with van der Waals surface area (Å²) in [5.41, 5.74) is 0.488. The monoisotopic (exact) mass is 306 g/mol. The minimum absolute atomic E-state index is 0.205. The van der Waals surface area contributed by atoms with Crippen LogP contribution in [0.5, 0.6) is 0 Å². The molecule has 0 N–H and O–H groups in total. The number of likely N-dealkylation sites (tertiary alicyclic amines) is 1. The first-order valence-corrected chi connectivity index (χ1v) is 7.78. The van der Waals surface area contributed by atoms with Crippen LogP contribution in [-0.2, 0) is 11.3 Å². The van der Waals surface area contributed by atoms with Crippen LogP contribution in [0.15, 0.2) is 18.6 Å². The van der Waals surface area contributed by atoms with Gasteiger partial charge in [0.15, 0.2) is 0 Å². The van der Waals surface area contributed by atoms with Gasteiger partial charge < -0.3 is 9.64 Å². The van der Waals surface area contributed by atoms with Crippen molar-refractivity contribution in [3.05, 3.63) is 24.3 Å². The lowest BCUT2D eigenvalue weighted by Gasteiger charge is -2.30. The molecular formula is C16H26N4O2. The molecule has 1 fully saturated rings. The molecule has 6 heteroatoms. The number of likely N-dealkylation sites (N-methyl/N-ethyl adjacent to an activating group) is 1. The van der Waals surface area contributed by atoms with Crippen molar-refractivity contribution < 1.29 is 9.53 Å². The standard InChI is InChI=1S/C16H26N4O2/c1-16(2,3)22-15(21)20-9-5-6-14(20)12-19(4)11-13-10-17-7-8-18-13/h7-8,10,14H,5-6,9,11-12H2,1-4H3. The first-order valence-electron chi connectivity index (χ1n) is 7.78. The summed E-state index contributed by atoms with van der Waals surface area (Å²) < 4.78 is 5.50. The average Bonchev–Trinajstić information content (AvgIpc) is 2.86. The summed E-state index contributed by atoms with van der Waals surface area (Å²) in [6.45, 7) is 8.02. The molecule has 1 aromatic heterocycles. The van der Waals surface area contributed by atoms with E-state index in [0.29, 0.717) is 0 Å². The number of ether oxygens (including phenoxy) is 1. The molecule has 2 heterocycles. The van der Waals surface area contributed by atoms with Crippen LogP contribution in [0, 0.1) is 0 Å². The Labute approximate surface area is 132 Å². The minimum Gasteiger partial charge on any atom is -0.444 e. The van der Waals surface area contributed by atoms with Crippen molar-refractivity contribution >= 4 is 6.09 Å². The highest BCUT2D eigenvalue weighted by atomic mass is 16.6. The molecule has 0 aromatic carbocycles. The molecule has 0 spiro atoms. The number of rotatable bonds is 4. The van der Waals surface area contributed by atoms with Gasteiger partial charge in [-0.25, -0.2) is 4.79 Å². The molecule has 122 valence electrons.